The number of hydrogen-bond donors (Lipinski definition) is 1. The van der Waals surface area contributed by atoms with Gasteiger partial charge in [-0.15, -0.1) is 0 Å². The maximum absolute atomic E-state index is 12.2. The van der Waals surface area contributed by atoms with Crippen molar-refractivity contribution in [3.63, 3.8) is 0 Å². The van der Waals surface area contributed by atoms with Crippen LogP contribution in [0.15, 0.2) is 33.5 Å². The van der Waals surface area contributed by atoms with E-state index in [1.54, 1.807) is 25.3 Å². The lowest BCUT2D eigenvalue weighted by atomic mass is 10.0. The van der Waals surface area contributed by atoms with E-state index >= 15 is 0 Å². The lowest BCUT2D eigenvalue weighted by Crippen LogP contribution is -2.02. The van der Waals surface area contributed by atoms with E-state index in [9.17, 15) is 9.90 Å². The van der Waals surface area contributed by atoms with Gasteiger partial charge in [0.15, 0.2) is 0 Å². The standard InChI is InChI=1S/C17H16O5/c1-4-11-6-10-5-9-7-12(20-2)8-13(21-3)14(9)16(18)15(10)17(19)22-11/h5-8,18H,4H2,1-3H3. The second-order valence-electron chi connectivity index (χ2n) is 4.97. The van der Waals surface area contributed by atoms with Gasteiger partial charge in [0.25, 0.3) is 0 Å². The molecule has 1 aromatic heterocycles. The number of methoxy groups -OCH3 is 2. The molecule has 0 amide bonds. The Morgan fingerprint density at radius 1 is 1.05 bits per heavy atom. The van der Waals surface area contributed by atoms with Gasteiger partial charge in [-0.2, -0.15) is 0 Å². The summed E-state index contributed by atoms with van der Waals surface area (Å²) in [6.45, 7) is 1.90. The fourth-order valence-corrected chi connectivity index (χ4v) is 2.63. The van der Waals surface area contributed by atoms with Crippen LogP contribution < -0.4 is 15.1 Å². The number of rotatable bonds is 3. The lowest BCUT2D eigenvalue weighted by Gasteiger charge is -2.12. The van der Waals surface area contributed by atoms with Crippen LogP contribution in [-0.4, -0.2) is 19.3 Å². The first-order chi connectivity index (χ1) is 10.6. The van der Waals surface area contributed by atoms with E-state index in [-0.39, 0.29) is 11.1 Å². The maximum Gasteiger partial charge on any atom is 0.347 e. The van der Waals surface area contributed by atoms with Crippen LogP contribution in [0, 0.1) is 0 Å². The minimum absolute atomic E-state index is 0.136. The number of hydrogen-bond acceptors (Lipinski definition) is 5. The maximum atomic E-state index is 12.2. The first-order valence-corrected chi connectivity index (χ1v) is 6.93. The first-order valence-electron chi connectivity index (χ1n) is 6.93. The number of phenols is 1. The third kappa shape index (κ3) is 2.06. The molecule has 3 rings (SSSR count). The molecule has 22 heavy (non-hydrogen) atoms. The molecular formula is C17H16O5. The highest BCUT2D eigenvalue weighted by Crippen LogP contribution is 2.40. The van der Waals surface area contributed by atoms with Gasteiger partial charge in [0.05, 0.1) is 19.6 Å². The van der Waals surface area contributed by atoms with E-state index < -0.39 is 5.63 Å². The fraction of sp³-hybridized carbons (Fsp3) is 0.235. The van der Waals surface area contributed by atoms with Crippen molar-refractivity contribution in [3.05, 3.63) is 40.4 Å². The van der Waals surface area contributed by atoms with Crippen molar-refractivity contribution in [1.29, 1.82) is 0 Å². The van der Waals surface area contributed by atoms with Crippen molar-refractivity contribution in [1.82, 2.24) is 0 Å². The summed E-state index contributed by atoms with van der Waals surface area (Å²) >= 11 is 0. The zero-order valence-electron chi connectivity index (χ0n) is 12.6. The topological polar surface area (TPSA) is 68.9 Å². The highest BCUT2D eigenvalue weighted by Gasteiger charge is 2.16. The fourth-order valence-electron chi connectivity index (χ4n) is 2.63. The molecule has 0 fully saturated rings. The predicted molar refractivity (Wildman–Crippen MR) is 84.1 cm³/mol. The zero-order chi connectivity index (χ0) is 15.9. The predicted octanol–water partition coefficient (Wildman–Crippen LogP) is 3.23. The van der Waals surface area contributed by atoms with Crippen molar-refractivity contribution in [2.24, 2.45) is 0 Å². The quantitative estimate of drug-likeness (QED) is 0.752. The van der Waals surface area contributed by atoms with Crippen LogP contribution in [0.3, 0.4) is 0 Å². The molecular weight excluding hydrogens is 284 g/mol. The molecule has 0 bridgehead atoms. The highest BCUT2D eigenvalue weighted by molar-refractivity contribution is 6.07. The van der Waals surface area contributed by atoms with Gasteiger partial charge < -0.3 is 19.0 Å². The van der Waals surface area contributed by atoms with Crippen LogP contribution >= 0.6 is 0 Å². The molecule has 0 aliphatic rings. The van der Waals surface area contributed by atoms with Crippen LogP contribution in [0.2, 0.25) is 0 Å². The molecule has 114 valence electrons. The third-order valence-electron chi connectivity index (χ3n) is 3.73. The average Bonchev–Trinajstić information content (AvgIpc) is 2.52. The Morgan fingerprint density at radius 2 is 1.77 bits per heavy atom. The zero-order valence-corrected chi connectivity index (χ0v) is 12.6. The minimum atomic E-state index is -0.549. The van der Waals surface area contributed by atoms with Crippen molar-refractivity contribution < 1.29 is 19.0 Å². The Bertz CT molecular complexity index is 924. The summed E-state index contributed by atoms with van der Waals surface area (Å²) in [5, 5.41) is 12.5. The largest absolute Gasteiger partial charge is 0.506 e. The van der Waals surface area contributed by atoms with Crippen LogP contribution in [0.25, 0.3) is 21.5 Å². The molecule has 5 nitrogen and oxygen atoms in total. The normalized spacial score (nSPS) is 11.0. The van der Waals surface area contributed by atoms with Crippen molar-refractivity contribution in [2.75, 3.05) is 14.2 Å². The smallest absolute Gasteiger partial charge is 0.347 e. The molecule has 0 atom stereocenters. The summed E-state index contributed by atoms with van der Waals surface area (Å²) in [6, 6.07) is 7.04. The van der Waals surface area contributed by atoms with Crippen molar-refractivity contribution in [2.45, 2.75) is 13.3 Å². The SMILES string of the molecule is CCc1cc2cc3cc(OC)cc(OC)c3c(O)c2c(=O)o1. The Labute approximate surface area is 126 Å². The summed E-state index contributed by atoms with van der Waals surface area (Å²) in [4.78, 5) is 12.2. The number of aromatic hydroxyl groups is 1. The van der Waals surface area contributed by atoms with E-state index in [4.69, 9.17) is 13.9 Å². The van der Waals surface area contributed by atoms with Crippen LogP contribution in [0.4, 0.5) is 0 Å². The van der Waals surface area contributed by atoms with Crippen molar-refractivity contribution in [3.8, 4) is 17.2 Å². The van der Waals surface area contributed by atoms with E-state index in [0.717, 1.165) is 5.39 Å². The number of phenolic OH excluding ortho intramolecular Hbond substituents is 1. The molecule has 1 heterocycles. The Morgan fingerprint density at radius 3 is 2.41 bits per heavy atom. The van der Waals surface area contributed by atoms with Gasteiger partial charge in [0.2, 0.25) is 0 Å². The summed E-state index contributed by atoms with van der Waals surface area (Å²) in [6.07, 6.45) is 0.603. The second kappa shape index (κ2) is 5.26. The van der Waals surface area contributed by atoms with Gasteiger partial charge in [-0.3, -0.25) is 0 Å². The third-order valence-corrected chi connectivity index (χ3v) is 3.73. The molecule has 0 spiro atoms. The van der Waals surface area contributed by atoms with Gasteiger partial charge in [-0.25, -0.2) is 4.79 Å². The molecule has 3 aromatic rings. The van der Waals surface area contributed by atoms with E-state index in [0.29, 0.717) is 34.5 Å². The lowest BCUT2D eigenvalue weighted by molar-refractivity contribution is 0.396. The van der Waals surface area contributed by atoms with E-state index in [2.05, 4.69) is 0 Å². The molecule has 1 N–H and O–H groups in total. The molecule has 5 heteroatoms. The number of ether oxygens (including phenoxy) is 2. The summed E-state index contributed by atoms with van der Waals surface area (Å²) in [5.74, 6) is 1.49. The molecule has 0 saturated carbocycles. The molecule has 0 saturated heterocycles. The average molecular weight is 300 g/mol. The molecule has 0 aliphatic heterocycles. The summed E-state index contributed by atoms with van der Waals surface area (Å²) in [7, 11) is 3.06. The summed E-state index contributed by atoms with van der Waals surface area (Å²) < 4.78 is 15.8. The molecule has 2 aromatic carbocycles. The van der Waals surface area contributed by atoms with Gasteiger partial charge in [0.1, 0.15) is 28.4 Å². The van der Waals surface area contributed by atoms with Gasteiger partial charge in [0, 0.05) is 12.5 Å². The molecule has 0 radical (unpaired) electrons. The number of fused-ring (bicyclic) bond motifs is 2. The van der Waals surface area contributed by atoms with Gasteiger partial charge in [-0.1, -0.05) is 6.92 Å². The first kappa shape index (κ1) is 14.3. The second-order valence-corrected chi connectivity index (χ2v) is 4.97. The summed E-state index contributed by atoms with van der Waals surface area (Å²) in [5.41, 5.74) is -0.549. The van der Waals surface area contributed by atoms with E-state index in [1.165, 1.54) is 7.11 Å². The van der Waals surface area contributed by atoms with Crippen molar-refractivity contribution >= 4 is 21.5 Å². The Balaban J connectivity index is 2.51. The number of benzene rings is 2. The Hall–Kier alpha value is -2.69. The van der Waals surface area contributed by atoms with E-state index in [1.807, 2.05) is 13.0 Å². The Kier molecular flexibility index (Phi) is 3.41. The van der Waals surface area contributed by atoms with Crippen LogP contribution in [-0.2, 0) is 6.42 Å². The van der Waals surface area contributed by atoms with Crippen LogP contribution in [0.1, 0.15) is 12.7 Å². The molecule has 0 aliphatic carbocycles. The molecule has 0 unspecified atom stereocenters. The minimum Gasteiger partial charge on any atom is -0.506 e. The number of aryl methyl sites for hydroxylation is 1. The monoisotopic (exact) mass is 300 g/mol. The van der Waals surface area contributed by atoms with Crippen LogP contribution in [0.5, 0.6) is 17.2 Å². The van der Waals surface area contributed by atoms with Gasteiger partial charge >= 0.3 is 5.63 Å². The highest BCUT2D eigenvalue weighted by atomic mass is 16.5. The van der Waals surface area contributed by atoms with Gasteiger partial charge in [-0.05, 0) is 29.0 Å².